The van der Waals surface area contributed by atoms with Crippen LogP contribution in [-0.2, 0) is 9.47 Å². The summed E-state index contributed by atoms with van der Waals surface area (Å²) in [6.45, 7) is 11.3. The van der Waals surface area contributed by atoms with Gasteiger partial charge in [0.2, 0.25) is 0 Å². The molecule has 4 fully saturated rings. The molecule has 3 saturated carbocycles. The number of hydrogen-bond donors (Lipinski definition) is 1. The molecule has 1 unspecified atom stereocenters. The normalized spacial score (nSPS) is 39.0. The van der Waals surface area contributed by atoms with Crippen molar-refractivity contribution in [1.29, 1.82) is 0 Å². The van der Waals surface area contributed by atoms with Gasteiger partial charge in [-0.2, -0.15) is 0 Å². The van der Waals surface area contributed by atoms with Crippen LogP contribution < -0.4 is 4.74 Å². The van der Waals surface area contributed by atoms with Crippen LogP contribution in [0, 0.1) is 34.0 Å². The third kappa shape index (κ3) is 4.50. The van der Waals surface area contributed by atoms with Crippen molar-refractivity contribution in [3.8, 4) is 5.75 Å². The summed E-state index contributed by atoms with van der Waals surface area (Å²) < 4.78 is 19.3. The Morgan fingerprint density at radius 3 is 2.54 bits per heavy atom. The van der Waals surface area contributed by atoms with Crippen LogP contribution in [0.15, 0.2) is 18.3 Å². The Labute approximate surface area is 210 Å². The van der Waals surface area contributed by atoms with Gasteiger partial charge in [0.1, 0.15) is 11.4 Å². The van der Waals surface area contributed by atoms with Gasteiger partial charge in [0.05, 0.1) is 25.5 Å². The van der Waals surface area contributed by atoms with Gasteiger partial charge < -0.3 is 19.3 Å². The van der Waals surface area contributed by atoms with Gasteiger partial charge in [-0.15, -0.1) is 0 Å². The number of pyridine rings is 1. The predicted molar refractivity (Wildman–Crippen MR) is 133 cm³/mol. The van der Waals surface area contributed by atoms with Crippen LogP contribution in [-0.4, -0.2) is 41.7 Å². The molecule has 1 aromatic heterocycles. The van der Waals surface area contributed by atoms with E-state index in [0.717, 1.165) is 19.4 Å². The zero-order valence-corrected chi connectivity index (χ0v) is 21.9. The minimum atomic E-state index is -1.02. The predicted octanol–water partition coefficient (Wildman–Crippen LogP) is 6.34. The summed E-state index contributed by atoms with van der Waals surface area (Å²) in [5.74, 6) is 1.31. The molecule has 5 rings (SSSR count). The Hall–Kier alpha value is -1.66. The summed E-state index contributed by atoms with van der Waals surface area (Å²) in [7, 11) is 0. The van der Waals surface area contributed by atoms with E-state index in [0.29, 0.717) is 36.2 Å². The highest BCUT2D eigenvalue weighted by Crippen LogP contribution is 2.66. The van der Waals surface area contributed by atoms with Gasteiger partial charge in [0.25, 0.3) is 0 Å². The van der Waals surface area contributed by atoms with Crippen molar-refractivity contribution >= 4 is 5.97 Å². The first kappa shape index (κ1) is 25.0. The first-order valence-electron chi connectivity index (χ1n) is 13.7. The third-order valence-corrected chi connectivity index (χ3v) is 10.4. The smallest absolute Gasteiger partial charge is 0.354 e. The van der Waals surface area contributed by atoms with Crippen LogP contribution in [0.1, 0.15) is 96.0 Å². The lowest BCUT2D eigenvalue weighted by molar-refractivity contribution is -0.322. The van der Waals surface area contributed by atoms with E-state index in [1.54, 1.807) is 6.07 Å². The molecular weight excluding hydrogens is 442 g/mol. The fourth-order valence-corrected chi connectivity index (χ4v) is 8.55. The van der Waals surface area contributed by atoms with Crippen molar-refractivity contribution in [2.45, 2.75) is 97.9 Å². The lowest BCUT2D eigenvalue weighted by Gasteiger charge is -2.65. The second kappa shape index (κ2) is 9.33. The highest BCUT2D eigenvalue weighted by molar-refractivity contribution is 5.85. The Morgan fingerprint density at radius 2 is 1.86 bits per heavy atom. The average Bonchev–Trinajstić information content (AvgIpc) is 3.35. The number of carbonyl (C=O) groups is 1. The van der Waals surface area contributed by atoms with Crippen LogP contribution in [0.5, 0.6) is 5.75 Å². The summed E-state index contributed by atoms with van der Waals surface area (Å²) in [5.41, 5.74) is 0.563. The summed E-state index contributed by atoms with van der Waals surface area (Å²) >= 11 is 0. The van der Waals surface area contributed by atoms with Gasteiger partial charge in [-0.3, -0.25) is 0 Å². The molecule has 6 atom stereocenters. The molecule has 0 spiro atoms. The van der Waals surface area contributed by atoms with Crippen molar-refractivity contribution in [1.82, 2.24) is 4.98 Å². The molecule has 1 saturated heterocycles. The first-order chi connectivity index (χ1) is 16.6. The number of rotatable bonds is 6. The molecule has 0 aromatic carbocycles. The molecule has 6 heteroatoms. The number of nitrogens with zero attached hydrogens (tertiary/aromatic N) is 1. The summed E-state index contributed by atoms with van der Waals surface area (Å²) in [4.78, 5) is 15.1. The molecule has 2 heterocycles. The third-order valence-electron chi connectivity index (χ3n) is 10.4. The van der Waals surface area contributed by atoms with E-state index >= 15 is 0 Å². The highest BCUT2D eigenvalue weighted by atomic mass is 16.7. The van der Waals surface area contributed by atoms with Crippen LogP contribution >= 0.6 is 0 Å². The number of ether oxygens (including phenoxy) is 3. The molecule has 1 N–H and O–H groups in total. The average molecular weight is 486 g/mol. The van der Waals surface area contributed by atoms with Crippen LogP contribution in [0.2, 0.25) is 0 Å². The maximum atomic E-state index is 11.1. The fraction of sp³-hybridized carbons (Fsp3) is 0.793. The van der Waals surface area contributed by atoms with Crippen LogP contribution in [0.25, 0.3) is 0 Å². The Bertz CT molecular complexity index is 910. The number of carboxylic acids is 1. The highest BCUT2D eigenvalue weighted by Gasteiger charge is 2.62. The van der Waals surface area contributed by atoms with Gasteiger partial charge in [0.15, 0.2) is 6.29 Å². The lowest BCUT2D eigenvalue weighted by atomic mass is 9.42. The molecule has 1 aromatic rings. The van der Waals surface area contributed by atoms with Gasteiger partial charge in [-0.25, -0.2) is 9.78 Å². The minimum Gasteiger partial charge on any atom is -0.492 e. The van der Waals surface area contributed by atoms with E-state index in [4.69, 9.17) is 19.3 Å². The van der Waals surface area contributed by atoms with Crippen molar-refractivity contribution in [2.24, 2.45) is 34.0 Å². The zero-order valence-electron chi connectivity index (χ0n) is 21.9. The quantitative estimate of drug-likeness (QED) is 0.507. The summed E-state index contributed by atoms with van der Waals surface area (Å²) in [6, 6.07) is 3.21. The zero-order chi connectivity index (χ0) is 24.8. The van der Waals surface area contributed by atoms with E-state index in [-0.39, 0.29) is 28.2 Å². The maximum Gasteiger partial charge on any atom is 0.354 e. The van der Waals surface area contributed by atoms with E-state index in [2.05, 4.69) is 32.7 Å². The number of aromatic carboxylic acids is 1. The Balaban J connectivity index is 1.28. The molecular formula is C29H43NO5. The lowest BCUT2D eigenvalue weighted by Crippen LogP contribution is -2.63. The topological polar surface area (TPSA) is 77.9 Å². The number of aromatic nitrogens is 1. The number of hydrogen-bond acceptors (Lipinski definition) is 5. The largest absolute Gasteiger partial charge is 0.492 e. The second-order valence-electron chi connectivity index (χ2n) is 12.9. The van der Waals surface area contributed by atoms with Crippen LogP contribution in [0.4, 0.5) is 0 Å². The van der Waals surface area contributed by atoms with E-state index in [1.165, 1.54) is 57.2 Å². The monoisotopic (exact) mass is 485 g/mol. The Morgan fingerprint density at radius 1 is 1.09 bits per heavy atom. The molecule has 0 bridgehead atoms. The van der Waals surface area contributed by atoms with Gasteiger partial charge in [-0.05, 0) is 79.7 Å². The minimum absolute atomic E-state index is 0.00489. The number of carboxylic acid groups (broad SMARTS) is 1. The number of fused-ring (bicyclic) bond motifs is 3. The Kier molecular flexibility index (Phi) is 6.67. The van der Waals surface area contributed by atoms with Crippen molar-refractivity contribution in [2.75, 3.05) is 13.2 Å². The molecule has 194 valence electrons. The van der Waals surface area contributed by atoms with Crippen molar-refractivity contribution in [3.05, 3.63) is 24.0 Å². The molecule has 1 aliphatic heterocycles. The molecule has 6 nitrogen and oxygen atoms in total. The van der Waals surface area contributed by atoms with E-state index < -0.39 is 5.97 Å². The van der Waals surface area contributed by atoms with Crippen LogP contribution in [0.3, 0.4) is 0 Å². The van der Waals surface area contributed by atoms with E-state index in [9.17, 15) is 4.79 Å². The SMILES string of the molecule is CC1(C)CCC2[C@]3(C)CO[C@@H](C4CCCC4)O[C@@H]3CC[C@@]2(C)[C@@H]1CCOc1ccc(C(=O)O)nc1. The summed E-state index contributed by atoms with van der Waals surface area (Å²) in [5, 5.41) is 9.07. The second-order valence-corrected chi connectivity index (χ2v) is 12.9. The first-order valence-corrected chi connectivity index (χ1v) is 13.7. The van der Waals surface area contributed by atoms with Gasteiger partial charge in [-0.1, -0.05) is 40.5 Å². The van der Waals surface area contributed by atoms with E-state index in [1.807, 2.05) is 0 Å². The van der Waals surface area contributed by atoms with Crippen molar-refractivity contribution in [3.63, 3.8) is 0 Å². The van der Waals surface area contributed by atoms with Gasteiger partial charge in [0, 0.05) is 11.3 Å². The maximum absolute atomic E-state index is 11.1. The molecule has 35 heavy (non-hydrogen) atoms. The van der Waals surface area contributed by atoms with Crippen molar-refractivity contribution < 1.29 is 24.1 Å². The molecule has 3 aliphatic carbocycles. The van der Waals surface area contributed by atoms with Gasteiger partial charge >= 0.3 is 5.97 Å². The summed E-state index contributed by atoms with van der Waals surface area (Å²) in [6.07, 6.45) is 12.7. The standard InChI is InChI=1S/C29H43NO5/c1-27(2)14-11-23-28(3,22(27)13-16-33-20-9-10-21(25(31)32)30-17-20)15-12-24-29(23,4)18-34-26(35-24)19-7-5-6-8-19/h9-10,17,19,22-24,26H,5-8,11-16,18H2,1-4H3,(H,31,32)/t22-,23?,24-,26-,28+,29+/m1/s1. The molecule has 0 amide bonds. The fourth-order valence-electron chi connectivity index (χ4n) is 8.55. The molecule has 0 radical (unpaired) electrons. The molecule has 4 aliphatic rings.